The lowest BCUT2D eigenvalue weighted by Crippen LogP contribution is -2.27. The SMILES string of the molecule is CCC(C)n1c(SCC(=O)NC(C)c2ccc(C)s2)nnc1-c1ccccc1. The second kappa shape index (κ2) is 9.39. The molecule has 0 spiro atoms. The summed E-state index contributed by atoms with van der Waals surface area (Å²) in [5, 5.41) is 12.6. The summed E-state index contributed by atoms with van der Waals surface area (Å²) in [7, 11) is 0. The minimum Gasteiger partial charge on any atom is -0.348 e. The van der Waals surface area contributed by atoms with Gasteiger partial charge in [0.15, 0.2) is 11.0 Å². The molecule has 0 radical (unpaired) electrons. The van der Waals surface area contributed by atoms with Crippen LogP contribution in [-0.4, -0.2) is 26.4 Å². The molecule has 0 aliphatic carbocycles. The van der Waals surface area contributed by atoms with Crippen molar-refractivity contribution in [3.05, 3.63) is 52.2 Å². The molecule has 0 saturated carbocycles. The van der Waals surface area contributed by atoms with Gasteiger partial charge in [-0.05, 0) is 39.3 Å². The van der Waals surface area contributed by atoms with Crippen LogP contribution in [0.2, 0.25) is 0 Å². The molecule has 2 atom stereocenters. The Kier molecular flexibility index (Phi) is 6.91. The first-order chi connectivity index (χ1) is 13.5. The van der Waals surface area contributed by atoms with E-state index < -0.39 is 0 Å². The zero-order chi connectivity index (χ0) is 20.1. The largest absolute Gasteiger partial charge is 0.348 e. The third-order valence-electron chi connectivity index (χ3n) is 4.63. The minimum atomic E-state index is 0.00326. The second-order valence-corrected chi connectivity index (χ2v) is 9.09. The second-order valence-electron chi connectivity index (χ2n) is 6.83. The van der Waals surface area contributed by atoms with Crippen LogP contribution >= 0.6 is 23.1 Å². The molecular formula is C21H26N4OS2. The van der Waals surface area contributed by atoms with Gasteiger partial charge in [0.25, 0.3) is 0 Å². The highest BCUT2D eigenvalue weighted by Crippen LogP contribution is 2.29. The number of nitrogens with one attached hydrogen (secondary N) is 1. The summed E-state index contributed by atoms with van der Waals surface area (Å²) < 4.78 is 2.14. The van der Waals surface area contributed by atoms with Crippen molar-refractivity contribution in [1.82, 2.24) is 20.1 Å². The van der Waals surface area contributed by atoms with Gasteiger partial charge < -0.3 is 5.32 Å². The van der Waals surface area contributed by atoms with E-state index in [1.54, 1.807) is 11.3 Å². The van der Waals surface area contributed by atoms with Gasteiger partial charge in [0.1, 0.15) is 0 Å². The molecule has 0 saturated heterocycles. The van der Waals surface area contributed by atoms with Crippen molar-refractivity contribution in [2.24, 2.45) is 0 Å². The molecule has 2 heterocycles. The molecule has 3 rings (SSSR count). The number of aryl methyl sites for hydroxylation is 1. The number of aromatic nitrogens is 3. The molecule has 1 aromatic carbocycles. The third kappa shape index (κ3) is 4.83. The molecule has 2 aromatic heterocycles. The molecule has 2 unspecified atom stereocenters. The van der Waals surface area contributed by atoms with Gasteiger partial charge in [-0.3, -0.25) is 9.36 Å². The predicted molar refractivity (Wildman–Crippen MR) is 117 cm³/mol. The number of nitrogens with zero attached hydrogens (tertiary/aromatic N) is 3. The molecule has 0 aliphatic rings. The maximum atomic E-state index is 12.4. The Morgan fingerprint density at radius 2 is 1.93 bits per heavy atom. The van der Waals surface area contributed by atoms with E-state index in [4.69, 9.17) is 0 Å². The van der Waals surface area contributed by atoms with E-state index in [0.717, 1.165) is 23.0 Å². The average molecular weight is 415 g/mol. The Morgan fingerprint density at radius 3 is 2.57 bits per heavy atom. The number of carbonyl (C=O) groups is 1. The van der Waals surface area contributed by atoms with Crippen molar-refractivity contribution in [2.75, 3.05) is 5.75 Å². The number of amides is 1. The highest BCUT2D eigenvalue weighted by atomic mass is 32.2. The normalized spacial score (nSPS) is 13.3. The van der Waals surface area contributed by atoms with E-state index in [2.05, 4.69) is 53.0 Å². The summed E-state index contributed by atoms with van der Waals surface area (Å²) in [6.07, 6.45) is 0.965. The lowest BCUT2D eigenvalue weighted by molar-refractivity contribution is -0.119. The topological polar surface area (TPSA) is 59.8 Å². The predicted octanol–water partition coefficient (Wildman–Crippen LogP) is 5.26. The number of benzene rings is 1. The molecule has 148 valence electrons. The van der Waals surface area contributed by atoms with Crippen molar-refractivity contribution in [2.45, 2.75) is 51.4 Å². The third-order valence-corrected chi connectivity index (χ3v) is 6.75. The molecule has 0 bridgehead atoms. The van der Waals surface area contributed by atoms with Crippen molar-refractivity contribution >= 4 is 29.0 Å². The summed E-state index contributed by atoms with van der Waals surface area (Å²) in [5.41, 5.74) is 1.04. The summed E-state index contributed by atoms with van der Waals surface area (Å²) in [6.45, 7) is 8.39. The highest BCUT2D eigenvalue weighted by molar-refractivity contribution is 7.99. The van der Waals surface area contributed by atoms with Crippen LogP contribution in [0, 0.1) is 6.92 Å². The van der Waals surface area contributed by atoms with Crippen LogP contribution in [0.15, 0.2) is 47.6 Å². The minimum absolute atomic E-state index is 0.00326. The summed E-state index contributed by atoms with van der Waals surface area (Å²) in [4.78, 5) is 14.9. The van der Waals surface area contributed by atoms with Gasteiger partial charge in [0.05, 0.1) is 11.8 Å². The van der Waals surface area contributed by atoms with Crippen LogP contribution in [0.5, 0.6) is 0 Å². The summed E-state index contributed by atoms with van der Waals surface area (Å²) in [6, 6.07) is 14.5. The molecule has 0 aliphatic heterocycles. The summed E-state index contributed by atoms with van der Waals surface area (Å²) in [5.74, 6) is 1.17. The fraction of sp³-hybridized carbons (Fsp3) is 0.381. The van der Waals surface area contributed by atoms with E-state index in [1.807, 2.05) is 37.3 Å². The van der Waals surface area contributed by atoms with E-state index >= 15 is 0 Å². The molecule has 7 heteroatoms. The Bertz CT molecular complexity index is 920. The zero-order valence-electron chi connectivity index (χ0n) is 16.7. The van der Waals surface area contributed by atoms with E-state index in [0.29, 0.717) is 5.75 Å². The van der Waals surface area contributed by atoms with E-state index in [-0.39, 0.29) is 18.0 Å². The van der Waals surface area contributed by atoms with E-state index in [9.17, 15) is 4.79 Å². The van der Waals surface area contributed by atoms with Gasteiger partial charge in [0, 0.05) is 21.4 Å². The van der Waals surface area contributed by atoms with Gasteiger partial charge in [-0.25, -0.2) is 0 Å². The standard InChI is InChI=1S/C21H26N4OS2/c1-5-14(2)25-20(17-9-7-6-8-10-17)23-24-21(25)27-13-19(26)22-16(4)18-12-11-15(3)28-18/h6-12,14,16H,5,13H2,1-4H3,(H,22,26). The Hall–Kier alpha value is -2.12. The van der Waals surface area contributed by atoms with Crippen molar-refractivity contribution in [3.8, 4) is 11.4 Å². The molecule has 1 amide bonds. The maximum absolute atomic E-state index is 12.4. The van der Waals surface area contributed by atoms with E-state index in [1.165, 1.54) is 21.5 Å². The fourth-order valence-corrected chi connectivity index (χ4v) is 4.64. The molecular weight excluding hydrogens is 388 g/mol. The Balaban J connectivity index is 1.70. The molecule has 0 fully saturated rings. The zero-order valence-corrected chi connectivity index (χ0v) is 18.3. The van der Waals surface area contributed by atoms with Crippen molar-refractivity contribution < 1.29 is 4.79 Å². The molecule has 28 heavy (non-hydrogen) atoms. The lowest BCUT2D eigenvalue weighted by atomic mass is 10.2. The number of hydrogen-bond acceptors (Lipinski definition) is 5. The monoisotopic (exact) mass is 414 g/mol. The highest BCUT2D eigenvalue weighted by Gasteiger charge is 2.19. The first kappa shape index (κ1) is 20.6. The first-order valence-corrected chi connectivity index (χ1v) is 11.3. The quantitative estimate of drug-likeness (QED) is 0.511. The smallest absolute Gasteiger partial charge is 0.230 e. The van der Waals surface area contributed by atoms with Crippen LogP contribution in [-0.2, 0) is 4.79 Å². The van der Waals surface area contributed by atoms with Gasteiger partial charge in [0.2, 0.25) is 5.91 Å². The molecule has 5 nitrogen and oxygen atoms in total. The lowest BCUT2D eigenvalue weighted by Gasteiger charge is -2.17. The summed E-state index contributed by atoms with van der Waals surface area (Å²) >= 11 is 3.15. The van der Waals surface area contributed by atoms with Gasteiger partial charge in [-0.2, -0.15) is 0 Å². The Morgan fingerprint density at radius 1 is 1.18 bits per heavy atom. The van der Waals surface area contributed by atoms with Crippen LogP contribution in [0.25, 0.3) is 11.4 Å². The van der Waals surface area contributed by atoms with Gasteiger partial charge in [-0.15, -0.1) is 21.5 Å². The first-order valence-electron chi connectivity index (χ1n) is 9.48. The molecule has 1 N–H and O–H groups in total. The molecule has 3 aromatic rings. The average Bonchev–Trinajstić information content (AvgIpc) is 3.32. The van der Waals surface area contributed by atoms with Crippen LogP contribution in [0.3, 0.4) is 0 Å². The van der Waals surface area contributed by atoms with Crippen molar-refractivity contribution in [3.63, 3.8) is 0 Å². The Labute approximate surface area is 174 Å². The van der Waals surface area contributed by atoms with Crippen LogP contribution in [0.4, 0.5) is 0 Å². The van der Waals surface area contributed by atoms with Crippen LogP contribution < -0.4 is 5.32 Å². The number of carbonyl (C=O) groups excluding carboxylic acids is 1. The number of rotatable bonds is 8. The van der Waals surface area contributed by atoms with Crippen molar-refractivity contribution in [1.29, 1.82) is 0 Å². The fourth-order valence-electron chi connectivity index (χ4n) is 2.91. The van der Waals surface area contributed by atoms with Gasteiger partial charge in [-0.1, -0.05) is 49.0 Å². The maximum Gasteiger partial charge on any atom is 0.230 e. The number of thioether (sulfide) groups is 1. The van der Waals surface area contributed by atoms with Crippen LogP contribution in [0.1, 0.15) is 49.0 Å². The number of hydrogen-bond donors (Lipinski definition) is 1. The number of thiophene rings is 1. The van der Waals surface area contributed by atoms with Gasteiger partial charge >= 0.3 is 0 Å².